The van der Waals surface area contributed by atoms with Gasteiger partial charge in [-0.25, -0.2) is 15.2 Å². The second-order valence-corrected chi connectivity index (χ2v) is 17.6. The number of benzene rings is 1. The van der Waals surface area contributed by atoms with Gasteiger partial charge in [-0.2, -0.15) is 0 Å². The molecule has 7 atom stereocenters. The fourth-order valence-electron chi connectivity index (χ4n) is 7.08. The van der Waals surface area contributed by atoms with E-state index in [0.29, 0.717) is 57.1 Å². The quantitative estimate of drug-likeness (QED) is 0.0375. The zero-order valence-electron chi connectivity index (χ0n) is 40.0. The molecule has 0 spiro atoms. The van der Waals surface area contributed by atoms with Crippen molar-refractivity contribution >= 4 is 41.1 Å². The van der Waals surface area contributed by atoms with Crippen LogP contribution in [-0.4, -0.2) is 129 Å². The van der Waals surface area contributed by atoms with Crippen LogP contribution in [0.4, 0.5) is 4.79 Å². The fraction of sp³-hybridized carbons (Fsp3) is 0.696. The van der Waals surface area contributed by atoms with E-state index in [9.17, 15) is 24.0 Å². The molecule has 1 heterocycles. The second kappa shape index (κ2) is 30.8. The van der Waals surface area contributed by atoms with E-state index < -0.39 is 42.0 Å². The lowest BCUT2D eigenvalue weighted by Crippen LogP contribution is -2.58. The smallest absolute Gasteiger partial charge is 0.426 e. The summed E-state index contributed by atoms with van der Waals surface area (Å²) in [5, 5.41) is 8.50. The van der Waals surface area contributed by atoms with Gasteiger partial charge in [-0.3, -0.25) is 29.5 Å². The van der Waals surface area contributed by atoms with Gasteiger partial charge in [0.05, 0.1) is 19.3 Å². The van der Waals surface area contributed by atoms with Gasteiger partial charge in [0.1, 0.15) is 36.2 Å². The zero-order valence-corrected chi connectivity index (χ0v) is 40.8. The monoisotopic (exact) mass is 919 g/mol. The number of carbonyl (C=O) groups is 5. The molecule has 362 valence electrons. The fourth-order valence-corrected chi connectivity index (χ4v) is 7.93. The summed E-state index contributed by atoms with van der Waals surface area (Å²) in [7, 11) is 3.75. The van der Waals surface area contributed by atoms with E-state index in [4.69, 9.17) is 29.7 Å². The van der Waals surface area contributed by atoms with Crippen molar-refractivity contribution in [2.45, 2.75) is 131 Å². The standard InChI is InChI=1S/C46H78N8O9S/c1-11-18-37(53(9)10)43(57)50-40(32(7)13-3)45(58)54(30-60-14-4)38(31(5)6)28-39(62-22-12-2)44-49-36(29-64-44)42(56)48-35(27-34-19-16-15-17-20-34)26-33(8)41(55)51-52-46(59)63-25-24-61-23-21-47/h15-17,19-20,29,31-33,35,37-40H,11-14,18,21-28,30,47H2,1-10H3,(H,48,56)(H,50,57)(H,51,55)(H,52,59)/t32-,33-,35+,37+,38+,39+,40-/m0/s1. The number of nitrogens with one attached hydrogen (secondary N) is 4. The summed E-state index contributed by atoms with van der Waals surface area (Å²) in [6.45, 7) is 17.4. The first-order valence-electron chi connectivity index (χ1n) is 22.9. The third-order valence-electron chi connectivity index (χ3n) is 10.9. The zero-order chi connectivity index (χ0) is 47.6. The van der Waals surface area contributed by atoms with Crippen molar-refractivity contribution in [2.75, 3.05) is 60.4 Å². The summed E-state index contributed by atoms with van der Waals surface area (Å²) in [4.78, 5) is 76.0. The Kier molecular flexibility index (Phi) is 27.0. The summed E-state index contributed by atoms with van der Waals surface area (Å²) in [5.74, 6) is -2.07. The molecule has 2 aromatic rings. The molecule has 0 bridgehead atoms. The molecule has 1 aromatic carbocycles. The predicted molar refractivity (Wildman–Crippen MR) is 249 cm³/mol. The molecule has 0 fully saturated rings. The Labute approximate surface area is 385 Å². The molecular weight excluding hydrogens is 841 g/mol. The van der Waals surface area contributed by atoms with E-state index in [2.05, 4.69) is 21.5 Å². The Hall–Kier alpha value is -4.20. The number of amides is 5. The Morgan fingerprint density at radius 3 is 2.17 bits per heavy atom. The van der Waals surface area contributed by atoms with Crippen LogP contribution in [0.1, 0.15) is 121 Å². The molecule has 18 heteroatoms. The van der Waals surface area contributed by atoms with Gasteiger partial charge < -0.3 is 40.2 Å². The van der Waals surface area contributed by atoms with Crippen molar-refractivity contribution in [3.63, 3.8) is 0 Å². The van der Waals surface area contributed by atoms with Gasteiger partial charge in [-0.1, -0.05) is 91.6 Å². The van der Waals surface area contributed by atoms with Gasteiger partial charge >= 0.3 is 6.09 Å². The van der Waals surface area contributed by atoms with Crippen molar-refractivity contribution in [3.05, 3.63) is 52.0 Å². The molecular formula is C46H78N8O9S. The lowest BCUT2D eigenvalue weighted by molar-refractivity contribution is -0.149. The minimum absolute atomic E-state index is 0.00658. The van der Waals surface area contributed by atoms with Gasteiger partial charge in [0.15, 0.2) is 0 Å². The van der Waals surface area contributed by atoms with Crippen molar-refractivity contribution in [1.82, 2.24) is 36.3 Å². The predicted octanol–water partition coefficient (Wildman–Crippen LogP) is 5.21. The maximum atomic E-state index is 14.7. The number of nitrogens with two attached hydrogens (primary N) is 1. The molecule has 5 amide bonds. The maximum Gasteiger partial charge on any atom is 0.426 e. The topological polar surface area (TPSA) is 216 Å². The summed E-state index contributed by atoms with van der Waals surface area (Å²) >= 11 is 1.31. The number of rotatable bonds is 31. The van der Waals surface area contributed by atoms with Crippen molar-refractivity contribution < 1.29 is 42.9 Å². The second-order valence-electron chi connectivity index (χ2n) is 16.7. The minimum atomic E-state index is -0.834. The average molecular weight is 919 g/mol. The van der Waals surface area contributed by atoms with Crippen LogP contribution in [0.25, 0.3) is 0 Å². The molecule has 0 radical (unpaired) electrons. The first kappa shape index (κ1) is 55.9. The van der Waals surface area contributed by atoms with Gasteiger partial charge in [-0.05, 0) is 64.1 Å². The Bertz CT molecular complexity index is 1670. The molecule has 0 saturated carbocycles. The molecule has 2 rings (SSSR count). The lowest BCUT2D eigenvalue weighted by Gasteiger charge is -2.39. The van der Waals surface area contributed by atoms with Crippen LogP contribution in [0.3, 0.4) is 0 Å². The number of aromatic nitrogens is 1. The Morgan fingerprint density at radius 2 is 1.56 bits per heavy atom. The number of hydrazine groups is 1. The summed E-state index contributed by atoms with van der Waals surface area (Å²) in [6, 6.07) is 7.63. The van der Waals surface area contributed by atoms with Gasteiger partial charge in [-0.15, -0.1) is 11.3 Å². The van der Waals surface area contributed by atoms with Gasteiger partial charge in [0.2, 0.25) is 17.7 Å². The van der Waals surface area contributed by atoms with E-state index in [1.54, 1.807) is 17.2 Å². The van der Waals surface area contributed by atoms with E-state index in [1.165, 1.54) is 11.3 Å². The molecule has 0 aliphatic heterocycles. The van der Waals surface area contributed by atoms with E-state index in [1.807, 2.05) is 97.8 Å². The SMILES string of the molecule is CCCO[C@H](C[C@H](C(C)C)N(COCC)C(=O)[C@@H](NC(=O)[C@@H](CCC)N(C)C)[C@@H](C)CC)c1nc(C(=O)N[C@@H](Cc2ccccc2)C[C@H](C)C(=O)NNC(=O)OCCOCCN)cs1. The van der Waals surface area contributed by atoms with Crippen LogP contribution < -0.4 is 27.2 Å². The first-order valence-corrected chi connectivity index (χ1v) is 23.8. The van der Waals surface area contributed by atoms with Crippen LogP contribution in [-0.2, 0) is 39.8 Å². The number of hydrogen-bond acceptors (Lipinski definition) is 13. The van der Waals surface area contributed by atoms with Gasteiger partial charge in [0.25, 0.3) is 5.91 Å². The molecule has 64 heavy (non-hydrogen) atoms. The van der Waals surface area contributed by atoms with Crippen LogP contribution in [0, 0.1) is 17.8 Å². The van der Waals surface area contributed by atoms with Crippen LogP contribution >= 0.6 is 11.3 Å². The summed E-state index contributed by atoms with van der Waals surface area (Å²) in [6.07, 6.45) is 2.57. The number of thiazole rings is 1. The highest BCUT2D eigenvalue weighted by Crippen LogP contribution is 2.32. The van der Waals surface area contributed by atoms with E-state index in [-0.39, 0.29) is 67.8 Å². The number of likely N-dealkylation sites (N-methyl/N-ethyl adjacent to an activating group) is 1. The lowest BCUT2D eigenvalue weighted by atomic mass is 9.92. The molecule has 0 aliphatic rings. The molecule has 0 saturated heterocycles. The maximum absolute atomic E-state index is 14.7. The highest BCUT2D eigenvalue weighted by atomic mass is 32.1. The number of nitrogens with zero attached hydrogens (tertiary/aromatic N) is 3. The minimum Gasteiger partial charge on any atom is -0.446 e. The Morgan fingerprint density at radius 1 is 0.844 bits per heavy atom. The number of ether oxygens (including phenoxy) is 4. The van der Waals surface area contributed by atoms with Crippen molar-refractivity contribution in [2.24, 2.45) is 23.5 Å². The molecule has 6 N–H and O–H groups in total. The molecule has 1 aromatic heterocycles. The summed E-state index contributed by atoms with van der Waals surface area (Å²) < 4.78 is 22.6. The average Bonchev–Trinajstić information content (AvgIpc) is 3.77. The molecule has 0 unspecified atom stereocenters. The Balaban J connectivity index is 2.35. The first-order chi connectivity index (χ1) is 30.6. The normalized spacial score (nSPS) is 14.8. The third-order valence-corrected chi connectivity index (χ3v) is 11.9. The van der Waals surface area contributed by atoms with E-state index >= 15 is 0 Å². The third kappa shape index (κ3) is 19.5. The van der Waals surface area contributed by atoms with Crippen LogP contribution in [0.15, 0.2) is 35.7 Å². The van der Waals surface area contributed by atoms with Crippen molar-refractivity contribution in [3.8, 4) is 0 Å². The molecule has 17 nitrogen and oxygen atoms in total. The largest absolute Gasteiger partial charge is 0.446 e. The summed E-state index contributed by atoms with van der Waals surface area (Å²) in [5.41, 5.74) is 11.2. The highest BCUT2D eigenvalue weighted by molar-refractivity contribution is 7.09. The number of carbonyl (C=O) groups excluding carboxylic acids is 5. The molecule has 0 aliphatic carbocycles. The van der Waals surface area contributed by atoms with Crippen molar-refractivity contribution in [1.29, 1.82) is 0 Å². The van der Waals surface area contributed by atoms with Crippen LogP contribution in [0.2, 0.25) is 0 Å². The van der Waals surface area contributed by atoms with Crippen LogP contribution in [0.5, 0.6) is 0 Å². The highest BCUT2D eigenvalue weighted by Gasteiger charge is 2.38. The van der Waals surface area contributed by atoms with E-state index in [0.717, 1.165) is 18.4 Å². The van der Waals surface area contributed by atoms with Gasteiger partial charge in [0, 0.05) is 49.6 Å². The number of hydrogen-bond donors (Lipinski definition) is 5.